The molecule has 0 radical (unpaired) electrons. The molecule has 152 valence electrons. The monoisotopic (exact) mass is 412 g/mol. The Kier molecular flexibility index (Phi) is 6.77. The van der Waals surface area contributed by atoms with Crippen LogP contribution >= 0.6 is 11.8 Å². The van der Waals surface area contributed by atoms with Gasteiger partial charge in [0.25, 0.3) is 0 Å². The SMILES string of the molecule is COc1ccc(-c2nnc(S[C@@H](C)C(=O)NCc3ccccc3OC)n2C)cc1. The number of benzene rings is 2. The Bertz CT molecular complexity index is 972. The molecule has 1 amide bonds. The summed E-state index contributed by atoms with van der Waals surface area (Å²) in [7, 11) is 5.14. The Morgan fingerprint density at radius 2 is 1.83 bits per heavy atom. The van der Waals surface area contributed by atoms with Crippen molar-refractivity contribution in [1.29, 1.82) is 0 Å². The number of methoxy groups -OCH3 is 2. The first-order valence-corrected chi connectivity index (χ1v) is 10.0. The molecule has 0 aliphatic rings. The number of para-hydroxylation sites is 1. The molecule has 0 spiro atoms. The molecule has 1 heterocycles. The summed E-state index contributed by atoms with van der Waals surface area (Å²) in [6, 6.07) is 15.2. The summed E-state index contributed by atoms with van der Waals surface area (Å²) >= 11 is 1.37. The van der Waals surface area contributed by atoms with E-state index in [0.717, 1.165) is 28.5 Å². The summed E-state index contributed by atoms with van der Waals surface area (Å²) in [4.78, 5) is 12.5. The zero-order valence-corrected chi connectivity index (χ0v) is 17.7. The van der Waals surface area contributed by atoms with E-state index in [1.54, 1.807) is 14.2 Å². The van der Waals surface area contributed by atoms with Gasteiger partial charge in [0.2, 0.25) is 5.91 Å². The number of nitrogens with zero attached hydrogens (tertiary/aromatic N) is 3. The van der Waals surface area contributed by atoms with Crippen LogP contribution in [0.1, 0.15) is 12.5 Å². The summed E-state index contributed by atoms with van der Waals surface area (Å²) in [5.74, 6) is 2.20. The fourth-order valence-corrected chi connectivity index (χ4v) is 3.63. The number of rotatable bonds is 8. The number of hydrogen-bond acceptors (Lipinski definition) is 6. The fourth-order valence-electron chi connectivity index (χ4n) is 2.80. The van der Waals surface area contributed by atoms with Crippen molar-refractivity contribution in [3.05, 3.63) is 54.1 Å². The second-order valence-electron chi connectivity index (χ2n) is 6.38. The predicted molar refractivity (Wildman–Crippen MR) is 113 cm³/mol. The highest BCUT2D eigenvalue weighted by atomic mass is 32.2. The van der Waals surface area contributed by atoms with E-state index in [1.165, 1.54) is 11.8 Å². The van der Waals surface area contributed by atoms with Crippen LogP contribution in [0.4, 0.5) is 0 Å². The number of carbonyl (C=O) groups excluding carboxylic acids is 1. The van der Waals surface area contributed by atoms with E-state index in [4.69, 9.17) is 9.47 Å². The fraction of sp³-hybridized carbons (Fsp3) is 0.286. The van der Waals surface area contributed by atoms with Gasteiger partial charge in [-0.05, 0) is 37.3 Å². The van der Waals surface area contributed by atoms with Crippen LogP contribution in [0.2, 0.25) is 0 Å². The molecule has 0 saturated heterocycles. The van der Waals surface area contributed by atoms with Gasteiger partial charge in [0.15, 0.2) is 11.0 Å². The summed E-state index contributed by atoms with van der Waals surface area (Å²) in [6.07, 6.45) is 0. The van der Waals surface area contributed by atoms with Crippen molar-refractivity contribution in [3.8, 4) is 22.9 Å². The van der Waals surface area contributed by atoms with Gasteiger partial charge < -0.3 is 19.4 Å². The lowest BCUT2D eigenvalue weighted by Crippen LogP contribution is -2.30. The maximum Gasteiger partial charge on any atom is 0.233 e. The highest BCUT2D eigenvalue weighted by Gasteiger charge is 2.19. The molecular weight excluding hydrogens is 388 g/mol. The van der Waals surface area contributed by atoms with E-state index in [-0.39, 0.29) is 11.2 Å². The van der Waals surface area contributed by atoms with Crippen molar-refractivity contribution in [2.75, 3.05) is 14.2 Å². The van der Waals surface area contributed by atoms with Crippen molar-refractivity contribution < 1.29 is 14.3 Å². The van der Waals surface area contributed by atoms with Crippen molar-refractivity contribution in [1.82, 2.24) is 20.1 Å². The molecule has 2 aromatic carbocycles. The summed E-state index contributed by atoms with van der Waals surface area (Å²) in [6.45, 7) is 2.26. The lowest BCUT2D eigenvalue weighted by molar-refractivity contribution is -0.120. The zero-order valence-electron chi connectivity index (χ0n) is 16.9. The molecule has 1 aromatic heterocycles. The van der Waals surface area contributed by atoms with E-state index in [1.807, 2.05) is 67.1 Å². The summed E-state index contributed by atoms with van der Waals surface area (Å²) < 4.78 is 12.4. The number of aromatic nitrogens is 3. The van der Waals surface area contributed by atoms with Gasteiger partial charge in [0, 0.05) is 24.7 Å². The maximum atomic E-state index is 12.5. The van der Waals surface area contributed by atoms with Crippen molar-refractivity contribution in [2.45, 2.75) is 23.9 Å². The van der Waals surface area contributed by atoms with Crippen LogP contribution in [0.25, 0.3) is 11.4 Å². The predicted octanol–water partition coefficient (Wildman–Crippen LogP) is 3.30. The average molecular weight is 413 g/mol. The first-order chi connectivity index (χ1) is 14.0. The van der Waals surface area contributed by atoms with Crippen molar-refractivity contribution in [3.63, 3.8) is 0 Å². The standard InChI is InChI=1S/C21H24N4O3S/c1-14(20(26)22-13-16-7-5-6-8-18(16)28-4)29-21-24-23-19(25(21)2)15-9-11-17(27-3)12-10-15/h5-12,14H,13H2,1-4H3,(H,22,26)/t14-/m0/s1. The third-order valence-corrected chi connectivity index (χ3v) is 5.61. The van der Waals surface area contributed by atoms with Crippen molar-refractivity contribution in [2.24, 2.45) is 7.05 Å². The molecule has 3 aromatic rings. The number of nitrogens with one attached hydrogen (secondary N) is 1. The first kappa shape index (κ1) is 20.7. The molecule has 7 nitrogen and oxygen atoms in total. The molecular formula is C21H24N4O3S. The highest BCUT2D eigenvalue weighted by Crippen LogP contribution is 2.27. The minimum absolute atomic E-state index is 0.0742. The van der Waals surface area contributed by atoms with Crippen LogP contribution < -0.4 is 14.8 Å². The molecule has 0 aliphatic heterocycles. The van der Waals surface area contributed by atoms with Crippen LogP contribution in [-0.2, 0) is 18.4 Å². The van der Waals surface area contributed by atoms with Gasteiger partial charge in [0.05, 0.1) is 19.5 Å². The van der Waals surface area contributed by atoms with Crippen molar-refractivity contribution >= 4 is 17.7 Å². The normalized spacial score (nSPS) is 11.7. The lowest BCUT2D eigenvalue weighted by Gasteiger charge is -2.13. The Morgan fingerprint density at radius 1 is 1.10 bits per heavy atom. The first-order valence-electron chi connectivity index (χ1n) is 9.13. The molecule has 0 unspecified atom stereocenters. The van der Waals surface area contributed by atoms with Gasteiger partial charge in [-0.3, -0.25) is 4.79 Å². The largest absolute Gasteiger partial charge is 0.497 e. The molecule has 29 heavy (non-hydrogen) atoms. The lowest BCUT2D eigenvalue weighted by atomic mass is 10.2. The number of carbonyl (C=O) groups is 1. The summed E-state index contributed by atoms with van der Waals surface area (Å²) in [5, 5.41) is 11.8. The minimum atomic E-state index is -0.323. The Labute approximate surface area is 174 Å². The van der Waals surface area contributed by atoms with Crippen LogP contribution in [0, 0.1) is 0 Å². The van der Waals surface area contributed by atoms with Crippen LogP contribution in [0.5, 0.6) is 11.5 Å². The third kappa shape index (κ3) is 4.89. The number of amides is 1. The minimum Gasteiger partial charge on any atom is -0.497 e. The molecule has 1 N–H and O–H groups in total. The van der Waals surface area contributed by atoms with E-state index in [2.05, 4.69) is 15.5 Å². The highest BCUT2D eigenvalue weighted by molar-refractivity contribution is 8.00. The second-order valence-corrected chi connectivity index (χ2v) is 7.69. The Morgan fingerprint density at radius 3 is 2.52 bits per heavy atom. The summed E-state index contributed by atoms with van der Waals surface area (Å²) in [5.41, 5.74) is 1.86. The Balaban J connectivity index is 1.63. The maximum absolute atomic E-state index is 12.5. The molecule has 3 rings (SSSR count). The molecule has 0 fully saturated rings. The van der Waals surface area contributed by atoms with Gasteiger partial charge in [-0.1, -0.05) is 30.0 Å². The molecule has 0 saturated carbocycles. The van der Waals surface area contributed by atoms with Gasteiger partial charge in [0.1, 0.15) is 11.5 Å². The van der Waals surface area contributed by atoms with Crippen LogP contribution in [0.3, 0.4) is 0 Å². The van der Waals surface area contributed by atoms with E-state index < -0.39 is 0 Å². The van der Waals surface area contributed by atoms with E-state index >= 15 is 0 Å². The van der Waals surface area contributed by atoms with E-state index in [0.29, 0.717) is 11.7 Å². The molecule has 0 aliphatic carbocycles. The topological polar surface area (TPSA) is 78.3 Å². The van der Waals surface area contributed by atoms with Gasteiger partial charge in [-0.2, -0.15) is 0 Å². The Hall–Kier alpha value is -3.00. The van der Waals surface area contributed by atoms with Gasteiger partial charge in [-0.25, -0.2) is 0 Å². The van der Waals surface area contributed by atoms with E-state index in [9.17, 15) is 4.79 Å². The van der Waals surface area contributed by atoms with Crippen LogP contribution in [-0.4, -0.2) is 40.1 Å². The second kappa shape index (κ2) is 9.47. The third-order valence-electron chi connectivity index (χ3n) is 4.48. The number of hydrogen-bond donors (Lipinski definition) is 1. The van der Waals surface area contributed by atoms with Crippen LogP contribution in [0.15, 0.2) is 53.7 Å². The molecule has 8 heteroatoms. The molecule has 0 bridgehead atoms. The quantitative estimate of drug-likeness (QED) is 0.572. The van der Waals surface area contributed by atoms with Gasteiger partial charge >= 0.3 is 0 Å². The van der Waals surface area contributed by atoms with Gasteiger partial charge in [-0.15, -0.1) is 10.2 Å². The number of ether oxygens (including phenoxy) is 2. The number of thioether (sulfide) groups is 1. The average Bonchev–Trinajstić information content (AvgIpc) is 3.12. The molecule has 1 atom stereocenters. The zero-order chi connectivity index (χ0) is 20.8. The smallest absolute Gasteiger partial charge is 0.233 e.